The SMILES string of the molecule is CCC(=O)N1CC[C@@](C)(N2CCc3c(-c4cnc(N)nc4)nc(N4CCOCC4)nc32)C1. The minimum Gasteiger partial charge on any atom is -0.378 e. The summed E-state index contributed by atoms with van der Waals surface area (Å²) in [6, 6.07) is 0. The number of ether oxygens (including phenoxy) is 1. The third-order valence-corrected chi connectivity index (χ3v) is 6.81. The topological polar surface area (TPSA) is 114 Å². The number of anilines is 3. The number of rotatable bonds is 4. The van der Waals surface area contributed by atoms with Gasteiger partial charge in [0.1, 0.15) is 5.82 Å². The van der Waals surface area contributed by atoms with Crippen molar-refractivity contribution in [3.8, 4) is 11.3 Å². The van der Waals surface area contributed by atoms with E-state index in [2.05, 4.69) is 26.7 Å². The lowest BCUT2D eigenvalue weighted by Crippen LogP contribution is -2.48. The number of nitrogens with zero attached hydrogens (tertiary/aromatic N) is 7. The molecule has 0 aliphatic carbocycles. The molecule has 2 aromatic rings. The van der Waals surface area contributed by atoms with E-state index >= 15 is 0 Å². The standard InChI is InChI=1S/C22H30N8O2/c1-3-17(31)29-7-5-22(2,14-29)30-6-4-16-18(15-12-24-20(23)25-13-15)26-21(27-19(16)30)28-8-10-32-11-9-28/h12-13H,3-11,14H2,1-2H3,(H2,23,24,25)/t22-/m1/s1. The normalized spacial score (nSPS) is 23.0. The fourth-order valence-electron chi connectivity index (χ4n) is 4.97. The van der Waals surface area contributed by atoms with E-state index in [0.717, 1.165) is 68.2 Å². The highest BCUT2D eigenvalue weighted by molar-refractivity contribution is 5.77. The molecule has 0 unspecified atom stereocenters. The molecule has 0 saturated carbocycles. The van der Waals surface area contributed by atoms with Gasteiger partial charge in [-0.05, 0) is 19.8 Å². The molecule has 2 saturated heterocycles. The number of carbonyl (C=O) groups is 1. The van der Waals surface area contributed by atoms with Crippen LogP contribution in [-0.4, -0.2) is 82.2 Å². The van der Waals surface area contributed by atoms with Crippen LogP contribution < -0.4 is 15.5 Å². The molecule has 0 spiro atoms. The van der Waals surface area contributed by atoms with E-state index in [-0.39, 0.29) is 17.4 Å². The van der Waals surface area contributed by atoms with E-state index in [1.165, 1.54) is 0 Å². The van der Waals surface area contributed by atoms with Crippen LogP contribution >= 0.6 is 0 Å². The predicted octanol–water partition coefficient (Wildman–Crippen LogP) is 1.12. The molecule has 1 amide bonds. The Labute approximate surface area is 187 Å². The first-order valence-electron chi connectivity index (χ1n) is 11.4. The van der Waals surface area contributed by atoms with Gasteiger partial charge in [0.2, 0.25) is 17.8 Å². The predicted molar refractivity (Wildman–Crippen MR) is 121 cm³/mol. The summed E-state index contributed by atoms with van der Waals surface area (Å²) in [7, 11) is 0. The van der Waals surface area contributed by atoms with E-state index < -0.39 is 0 Å². The molecule has 10 heteroatoms. The molecular formula is C22H30N8O2. The summed E-state index contributed by atoms with van der Waals surface area (Å²) < 4.78 is 5.53. The second-order valence-corrected chi connectivity index (χ2v) is 8.92. The van der Waals surface area contributed by atoms with Gasteiger partial charge in [-0.25, -0.2) is 15.0 Å². The van der Waals surface area contributed by atoms with Gasteiger partial charge in [0, 0.05) is 62.7 Å². The van der Waals surface area contributed by atoms with Crippen LogP contribution in [0.5, 0.6) is 0 Å². The fraction of sp³-hybridized carbons (Fsp3) is 0.591. The van der Waals surface area contributed by atoms with Crippen molar-refractivity contribution in [2.24, 2.45) is 0 Å². The number of carbonyl (C=O) groups excluding carboxylic acids is 1. The second-order valence-electron chi connectivity index (χ2n) is 8.92. The second kappa shape index (κ2) is 8.16. The Morgan fingerprint density at radius 1 is 1.16 bits per heavy atom. The van der Waals surface area contributed by atoms with Gasteiger partial charge in [-0.1, -0.05) is 6.92 Å². The van der Waals surface area contributed by atoms with Gasteiger partial charge in [0.15, 0.2) is 0 Å². The monoisotopic (exact) mass is 438 g/mol. The molecule has 5 heterocycles. The van der Waals surface area contributed by atoms with Crippen LogP contribution in [0.1, 0.15) is 32.3 Å². The third-order valence-electron chi connectivity index (χ3n) is 6.81. The number of hydrogen-bond donors (Lipinski definition) is 1. The summed E-state index contributed by atoms with van der Waals surface area (Å²) in [6.45, 7) is 9.36. The van der Waals surface area contributed by atoms with Crippen molar-refractivity contribution >= 4 is 23.6 Å². The van der Waals surface area contributed by atoms with Gasteiger partial charge in [-0.3, -0.25) is 4.79 Å². The lowest BCUT2D eigenvalue weighted by atomic mass is 9.99. The van der Waals surface area contributed by atoms with E-state index in [4.69, 9.17) is 20.4 Å². The quantitative estimate of drug-likeness (QED) is 0.750. The highest BCUT2D eigenvalue weighted by Crippen LogP contribution is 2.41. The Morgan fingerprint density at radius 3 is 2.62 bits per heavy atom. The van der Waals surface area contributed by atoms with Crippen LogP contribution in [0, 0.1) is 0 Å². The van der Waals surface area contributed by atoms with Crippen molar-refractivity contribution in [3.05, 3.63) is 18.0 Å². The number of morpholine rings is 1. The zero-order valence-corrected chi connectivity index (χ0v) is 18.8. The molecule has 170 valence electrons. The summed E-state index contributed by atoms with van der Waals surface area (Å²) in [4.78, 5) is 37.3. The summed E-state index contributed by atoms with van der Waals surface area (Å²) in [5.41, 5.74) is 8.38. The van der Waals surface area contributed by atoms with Crippen molar-refractivity contribution in [3.63, 3.8) is 0 Å². The number of aromatic nitrogens is 4. The van der Waals surface area contributed by atoms with Gasteiger partial charge in [-0.2, -0.15) is 4.98 Å². The van der Waals surface area contributed by atoms with Gasteiger partial charge in [0.05, 0.1) is 24.4 Å². The third kappa shape index (κ3) is 3.62. The highest BCUT2D eigenvalue weighted by atomic mass is 16.5. The number of amides is 1. The number of nitrogen functional groups attached to an aromatic ring is 1. The van der Waals surface area contributed by atoms with Crippen LogP contribution in [0.3, 0.4) is 0 Å². The van der Waals surface area contributed by atoms with Gasteiger partial charge < -0.3 is 25.2 Å². The van der Waals surface area contributed by atoms with E-state index in [1.54, 1.807) is 12.4 Å². The van der Waals surface area contributed by atoms with E-state index in [9.17, 15) is 4.79 Å². The largest absolute Gasteiger partial charge is 0.378 e. The van der Waals surface area contributed by atoms with E-state index in [1.807, 2.05) is 11.8 Å². The fourth-order valence-corrected chi connectivity index (χ4v) is 4.97. The minimum absolute atomic E-state index is 0.151. The average Bonchev–Trinajstić information content (AvgIpc) is 3.44. The number of likely N-dealkylation sites (tertiary alicyclic amines) is 1. The average molecular weight is 439 g/mol. The molecule has 0 bridgehead atoms. The Hall–Kier alpha value is -3.01. The summed E-state index contributed by atoms with van der Waals surface area (Å²) in [5, 5.41) is 0. The molecule has 32 heavy (non-hydrogen) atoms. The lowest BCUT2D eigenvalue weighted by molar-refractivity contribution is -0.129. The van der Waals surface area contributed by atoms with Gasteiger partial charge >= 0.3 is 0 Å². The molecule has 2 N–H and O–H groups in total. The van der Waals surface area contributed by atoms with Crippen LogP contribution in [-0.2, 0) is 16.0 Å². The van der Waals surface area contributed by atoms with Crippen molar-refractivity contribution in [2.75, 3.05) is 61.5 Å². The molecule has 3 aliphatic rings. The first-order chi connectivity index (χ1) is 15.5. The summed E-state index contributed by atoms with van der Waals surface area (Å²) in [6.07, 6.45) is 5.77. The first kappa shape index (κ1) is 20.9. The number of nitrogens with two attached hydrogens (primary N) is 1. The smallest absolute Gasteiger partial charge is 0.228 e. The Bertz CT molecular complexity index is 1010. The molecule has 0 aromatic carbocycles. The molecule has 10 nitrogen and oxygen atoms in total. The molecule has 2 fully saturated rings. The van der Waals surface area contributed by atoms with Crippen molar-refractivity contribution < 1.29 is 9.53 Å². The van der Waals surface area contributed by atoms with Crippen molar-refractivity contribution in [1.29, 1.82) is 0 Å². The molecular weight excluding hydrogens is 408 g/mol. The number of fused-ring (bicyclic) bond motifs is 1. The minimum atomic E-state index is -0.151. The first-order valence-corrected chi connectivity index (χ1v) is 11.4. The molecule has 1 atom stereocenters. The van der Waals surface area contributed by atoms with Crippen LogP contribution in [0.4, 0.5) is 17.7 Å². The van der Waals surface area contributed by atoms with Gasteiger partial charge in [0.25, 0.3) is 0 Å². The lowest BCUT2D eigenvalue weighted by Gasteiger charge is -2.37. The maximum absolute atomic E-state index is 12.3. The molecule has 5 rings (SSSR count). The zero-order chi connectivity index (χ0) is 22.3. The number of hydrogen-bond acceptors (Lipinski definition) is 9. The van der Waals surface area contributed by atoms with Crippen LogP contribution in [0.25, 0.3) is 11.3 Å². The Morgan fingerprint density at radius 2 is 1.91 bits per heavy atom. The van der Waals surface area contributed by atoms with Crippen LogP contribution in [0.15, 0.2) is 12.4 Å². The maximum atomic E-state index is 12.3. The molecule has 0 radical (unpaired) electrons. The van der Waals surface area contributed by atoms with Crippen LogP contribution in [0.2, 0.25) is 0 Å². The summed E-state index contributed by atoms with van der Waals surface area (Å²) >= 11 is 0. The summed E-state index contributed by atoms with van der Waals surface area (Å²) in [5.74, 6) is 2.12. The highest BCUT2D eigenvalue weighted by Gasteiger charge is 2.44. The molecule has 3 aliphatic heterocycles. The van der Waals surface area contributed by atoms with Crippen molar-refractivity contribution in [2.45, 2.75) is 38.6 Å². The van der Waals surface area contributed by atoms with Gasteiger partial charge in [-0.15, -0.1) is 0 Å². The van der Waals surface area contributed by atoms with Crippen molar-refractivity contribution in [1.82, 2.24) is 24.8 Å². The Balaban J connectivity index is 1.56. The zero-order valence-electron chi connectivity index (χ0n) is 18.8. The molecule has 2 aromatic heterocycles. The maximum Gasteiger partial charge on any atom is 0.228 e. The van der Waals surface area contributed by atoms with E-state index in [0.29, 0.717) is 25.6 Å². The Kier molecular flexibility index (Phi) is 5.32.